The molecule has 1 N–H and O–H groups in total. The van der Waals surface area contributed by atoms with Crippen molar-refractivity contribution in [1.29, 1.82) is 0 Å². The number of nitrogens with one attached hydrogen (secondary N) is 1. The molecular weight excluding hydrogens is 254 g/mol. The third kappa shape index (κ3) is 3.18. The summed E-state index contributed by atoms with van der Waals surface area (Å²) in [7, 11) is 0. The Kier molecular flexibility index (Phi) is 3.84. The number of carbonyl (C=O) groups is 2. The highest BCUT2D eigenvalue weighted by atomic mass is 16.6. The van der Waals surface area contributed by atoms with Crippen molar-refractivity contribution in [3.63, 3.8) is 0 Å². The molecule has 4 nitrogen and oxygen atoms in total. The normalized spacial score (nSPS) is 24.9. The van der Waals surface area contributed by atoms with Crippen molar-refractivity contribution < 1.29 is 14.3 Å². The van der Waals surface area contributed by atoms with Crippen LogP contribution < -0.4 is 5.32 Å². The van der Waals surface area contributed by atoms with Gasteiger partial charge in [-0.15, -0.1) is 0 Å². The average molecular weight is 275 g/mol. The van der Waals surface area contributed by atoms with Gasteiger partial charge in [0.25, 0.3) is 0 Å². The molecule has 0 spiro atoms. The maximum Gasteiger partial charge on any atom is 0.407 e. The lowest BCUT2D eigenvalue weighted by atomic mass is 9.93. The molecule has 108 valence electrons. The van der Waals surface area contributed by atoms with Crippen molar-refractivity contribution in [2.24, 2.45) is 5.92 Å². The Morgan fingerprint density at radius 2 is 2.05 bits per heavy atom. The number of ether oxygens (including phenoxy) is 1. The van der Waals surface area contributed by atoms with Gasteiger partial charge in [-0.25, -0.2) is 4.79 Å². The molecule has 4 heteroatoms. The molecule has 1 saturated carbocycles. The van der Waals surface area contributed by atoms with Gasteiger partial charge in [-0.2, -0.15) is 0 Å². The smallest absolute Gasteiger partial charge is 0.407 e. The summed E-state index contributed by atoms with van der Waals surface area (Å²) in [5, 5.41) is 2.78. The van der Waals surface area contributed by atoms with E-state index in [1.165, 1.54) is 0 Å². The highest BCUT2D eigenvalue weighted by molar-refractivity contribution is 5.70. The van der Waals surface area contributed by atoms with Crippen molar-refractivity contribution in [1.82, 2.24) is 5.32 Å². The second-order valence-electron chi connectivity index (χ2n) is 6.32. The van der Waals surface area contributed by atoms with E-state index in [0.29, 0.717) is 6.54 Å². The van der Waals surface area contributed by atoms with E-state index < -0.39 is 11.7 Å². The third-order valence-electron chi connectivity index (χ3n) is 3.59. The van der Waals surface area contributed by atoms with Crippen molar-refractivity contribution in [3.05, 3.63) is 35.9 Å². The van der Waals surface area contributed by atoms with Crippen molar-refractivity contribution in [2.75, 3.05) is 6.54 Å². The van der Waals surface area contributed by atoms with Crippen LogP contribution in [0.3, 0.4) is 0 Å². The maximum absolute atomic E-state index is 11.7. The van der Waals surface area contributed by atoms with Gasteiger partial charge in [0.15, 0.2) is 0 Å². The zero-order valence-corrected chi connectivity index (χ0v) is 12.2. The lowest BCUT2D eigenvalue weighted by molar-refractivity contribution is -0.109. The fourth-order valence-electron chi connectivity index (χ4n) is 2.46. The molecule has 1 aromatic carbocycles. The van der Waals surface area contributed by atoms with Gasteiger partial charge in [-0.1, -0.05) is 30.3 Å². The number of aldehydes is 1. The molecule has 1 amide bonds. The van der Waals surface area contributed by atoms with Gasteiger partial charge in [0.2, 0.25) is 0 Å². The summed E-state index contributed by atoms with van der Waals surface area (Å²) in [6, 6.07) is 9.84. The van der Waals surface area contributed by atoms with Crippen LogP contribution in [0.2, 0.25) is 0 Å². The Morgan fingerprint density at radius 3 is 2.55 bits per heavy atom. The van der Waals surface area contributed by atoms with Gasteiger partial charge in [-0.05, 0) is 32.8 Å². The minimum Gasteiger partial charge on any atom is -0.444 e. The zero-order valence-electron chi connectivity index (χ0n) is 12.2. The molecule has 1 aliphatic carbocycles. The van der Waals surface area contributed by atoms with E-state index in [0.717, 1.165) is 18.3 Å². The van der Waals surface area contributed by atoms with Crippen LogP contribution >= 0.6 is 0 Å². The summed E-state index contributed by atoms with van der Waals surface area (Å²) < 4.78 is 5.23. The molecule has 2 rings (SSSR count). The van der Waals surface area contributed by atoms with Gasteiger partial charge in [0.05, 0.1) is 0 Å². The molecule has 0 radical (unpaired) electrons. The highest BCUT2D eigenvalue weighted by Crippen LogP contribution is 2.52. The van der Waals surface area contributed by atoms with Crippen LogP contribution in [0.25, 0.3) is 0 Å². The third-order valence-corrected chi connectivity index (χ3v) is 3.59. The molecule has 0 heterocycles. The van der Waals surface area contributed by atoms with Gasteiger partial charge in [-0.3, -0.25) is 0 Å². The lowest BCUT2D eigenvalue weighted by Gasteiger charge is -2.22. The Balaban J connectivity index is 2.02. The summed E-state index contributed by atoms with van der Waals surface area (Å²) in [4.78, 5) is 22.8. The van der Waals surface area contributed by atoms with Gasteiger partial charge < -0.3 is 14.8 Å². The fourth-order valence-corrected chi connectivity index (χ4v) is 2.46. The number of hydrogen-bond acceptors (Lipinski definition) is 3. The summed E-state index contributed by atoms with van der Waals surface area (Å²) in [6.07, 6.45) is 1.31. The predicted octanol–water partition coefficient (Wildman–Crippen LogP) is 2.67. The molecule has 1 unspecified atom stereocenters. The van der Waals surface area contributed by atoms with Crippen molar-refractivity contribution in [2.45, 2.75) is 38.2 Å². The van der Waals surface area contributed by atoms with E-state index in [9.17, 15) is 9.59 Å². The number of carbonyl (C=O) groups excluding carboxylic acids is 2. The molecule has 2 atom stereocenters. The van der Waals surface area contributed by atoms with Crippen LogP contribution in [0.15, 0.2) is 30.3 Å². The molecule has 1 aliphatic rings. The van der Waals surface area contributed by atoms with E-state index in [1.54, 1.807) is 0 Å². The quantitative estimate of drug-likeness (QED) is 0.859. The second kappa shape index (κ2) is 5.27. The topological polar surface area (TPSA) is 55.4 Å². The van der Waals surface area contributed by atoms with Crippen molar-refractivity contribution in [3.8, 4) is 0 Å². The van der Waals surface area contributed by atoms with Crippen LogP contribution in [-0.4, -0.2) is 24.5 Å². The number of hydrogen-bond donors (Lipinski definition) is 1. The van der Waals surface area contributed by atoms with Crippen molar-refractivity contribution >= 4 is 12.4 Å². The van der Waals surface area contributed by atoms with Gasteiger partial charge >= 0.3 is 6.09 Å². The van der Waals surface area contributed by atoms with Crippen LogP contribution in [-0.2, 0) is 14.9 Å². The van der Waals surface area contributed by atoms with Gasteiger partial charge in [0, 0.05) is 17.9 Å². The number of amides is 1. The molecule has 20 heavy (non-hydrogen) atoms. The van der Waals surface area contributed by atoms with E-state index in [1.807, 2.05) is 51.1 Å². The number of benzene rings is 1. The Hall–Kier alpha value is -1.84. The summed E-state index contributed by atoms with van der Waals surface area (Å²) in [5.74, 6) is -0.0279. The Labute approximate surface area is 119 Å². The predicted molar refractivity (Wildman–Crippen MR) is 76.5 cm³/mol. The first-order chi connectivity index (χ1) is 9.37. The van der Waals surface area contributed by atoms with E-state index in [-0.39, 0.29) is 11.3 Å². The standard InChI is InChI=1S/C16H21NO3/c1-15(2,3)20-14(19)17-11-16(9-13(16)10-18)12-7-5-4-6-8-12/h4-8,10,13H,9,11H2,1-3H3,(H,17,19)/t13?,16-/m1/s1. The van der Waals surface area contributed by atoms with Crippen LogP contribution in [0.5, 0.6) is 0 Å². The SMILES string of the molecule is CC(C)(C)OC(=O)NC[C@@]1(c2ccccc2)CC1C=O. The number of alkyl carbamates (subject to hydrolysis) is 1. The Morgan fingerprint density at radius 1 is 1.40 bits per heavy atom. The second-order valence-corrected chi connectivity index (χ2v) is 6.32. The summed E-state index contributed by atoms with van der Waals surface area (Å²) in [6.45, 7) is 5.90. The van der Waals surface area contributed by atoms with E-state index >= 15 is 0 Å². The van der Waals surface area contributed by atoms with E-state index in [2.05, 4.69) is 5.32 Å². The van der Waals surface area contributed by atoms with Crippen LogP contribution in [0.1, 0.15) is 32.8 Å². The first-order valence-electron chi connectivity index (χ1n) is 6.85. The molecule has 1 aromatic rings. The fraction of sp³-hybridized carbons (Fsp3) is 0.500. The molecule has 0 aliphatic heterocycles. The first kappa shape index (κ1) is 14.6. The minimum absolute atomic E-state index is 0.0279. The zero-order chi connectivity index (χ0) is 14.8. The van der Waals surface area contributed by atoms with E-state index in [4.69, 9.17) is 4.74 Å². The summed E-state index contributed by atoms with van der Waals surface area (Å²) >= 11 is 0. The lowest BCUT2D eigenvalue weighted by Crippen LogP contribution is -2.37. The maximum atomic E-state index is 11.7. The van der Waals surface area contributed by atoms with Crippen LogP contribution in [0, 0.1) is 5.92 Å². The molecule has 0 aromatic heterocycles. The summed E-state index contributed by atoms with van der Waals surface area (Å²) in [5.41, 5.74) is 0.311. The van der Waals surface area contributed by atoms with Gasteiger partial charge in [0.1, 0.15) is 11.9 Å². The largest absolute Gasteiger partial charge is 0.444 e. The highest BCUT2D eigenvalue weighted by Gasteiger charge is 2.55. The molecule has 0 saturated heterocycles. The average Bonchev–Trinajstić information content (AvgIpc) is 3.11. The monoisotopic (exact) mass is 275 g/mol. The Bertz CT molecular complexity index is 492. The molecule has 1 fully saturated rings. The first-order valence-corrected chi connectivity index (χ1v) is 6.85. The minimum atomic E-state index is -0.516. The molecule has 0 bridgehead atoms. The van der Waals surface area contributed by atoms with Crippen LogP contribution in [0.4, 0.5) is 4.79 Å². The molecular formula is C16H21NO3. The number of rotatable bonds is 4.